The third-order valence-electron chi connectivity index (χ3n) is 2.19. The summed E-state index contributed by atoms with van der Waals surface area (Å²) in [7, 11) is 1.15. The van der Waals surface area contributed by atoms with Crippen molar-refractivity contribution < 1.29 is 23.0 Å². The number of methoxy groups -OCH3 is 1. The van der Waals surface area contributed by atoms with Crippen molar-refractivity contribution in [2.24, 2.45) is 0 Å². The zero-order valence-corrected chi connectivity index (χ0v) is 9.65. The summed E-state index contributed by atoms with van der Waals surface area (Å²) in [6.45, 7) is -3.02. The minimum Gasteiger partial charge on any atom is -0.465 e. The van der Waals surface area contributed by atoms with Gasteiger partial charge in [0.2, 0.25) is 0 Å². The van der Waals surface area contributed by atoms with Crippen molar-refractivity contribution in [1.29, 1.82) is 5.26 Å². The first-order chi connectivity index (χ1) is 8.58. The van der Waals surface area contributed by atoms with Crippen molar-refractivity contribution in [3.05, 3.63) is 29.3 Å². The maximum absolute atomic E-state index is 12.2. The highest BCUT2D eigenvalue weighted by atomic mass is 19.3. The molecule has 18 heavy (non-hydrogen) atoms. The molecule has 0 atom stereocenters. The van der Waals surface area contributed by atoms with E-state index in [0.29, 0.717) is 12.0 Å². The number of hydrogen-bond donors (Lipinski definition) is 0. The average molecular weight is 255 g/mol. The number of carbonyl (C=O) groups excluding carboxylic acids is 1. The number of rotatable bonds is 5. The van der Waals surface area contributed by atoms with E-state index in [2.05, 4.69) is 9.47 Å². The molecule has 1 aromatic carbocycles. The molecule has 0 N–H and O–H groups in total. The van der Waals surface area contributed by atoms with E-state index in [-0.39, 0.29) is 17.7 Å². The summed E-state index contributed by atoms with van der Waals surface area (Å²) >= 11 is 0. The molecule has 0 heterocycles. The van der Waals surface area contributed by atoms with Crippen molar-refractivity contribution in [2.45, 2.75) is 19.5 Å². The summed E-state index contributed by atoms with van der Waals surface area (Å²) in [4.78, 5) is 11.4. The Bertz CT molecular complexity index is 469. The van der Waals surface area contributed by atoms with Gasteiger partial charge in [-0.15, -0.1) is 0 Å². The van der Waals surface area contributed by atoms with Gasteiger partial charge in [-0.1, -0.05) is 6.07 Å². The Morgan fingerprint density at radius 1 is 1.50 bits per heavy atom. The maximum Gasteiger partial charge on any atom is 0.387 e. The van der Waals surface area contributed by atoms with Crippen molar-refractivity contribution in [1.82, 2.24) is 0 Å². The van der Waals surface area contributed by atoms with Crippen molar-refractivity contribution in [3.8, 4) is 11.8 Å². The maximum atomic E-state index is 12.2. The lowest BCUT2D eigenvalue weighted by atomic mass is 10.1. The SMILES string of the molecule is COC(=O)c1cc(CCC#N)ccc1OC(F)F. The standard InChI is InChI=1S/C12H11F2NO3/c1-17-11(16)9-7-8(3-2-6-15)4-5-10(9)18-12(13)14/h4-5,7,12H,2-3H2,1H3. The number of esters is 1. The molecule has 0 radical (unpaired) electrons. The second-order valence-corrected chi connectivity index (χ2v) is 3.36. The molecule has 0 bridgehead atoms. The Kier molecular flexibility index (Phi) is 5.06. The van der Waals surface area contributed by atoms with Gasteiger partial charge in [-0.2, -0.15) is 14.0 Å². The minimum absolute atomic E-state index is 0.0757. The van der Waals surface area contributed by atoms with Crippen molar-refractivity contribution in [3.63, 3.8) is 0 Å². The number of alkyl halides is 2. The molecule has 0 saturated carbocycles. The van der Waals surface area contributed by atoms with Crippen LogP contribution >= 0.6 is 0 Å². The molecule has 0 amide bonds. The van der Waals surface area contributed by atoms with E-state index in [0.717, 1.165) is 7.11 Å². The van der Waals surface area contributed by atoms with Crippen LogP contribution in [0.2, 0.25) is 0 Å². The molecule has 4 nitrogen and oxygen atoms in total. The van der Waals surface area contributed by atoms with Crippen molar-refractivity contribution in [2.75, 3.05) is 7.11 Å². The van der Waals surface area contributed by atoms with Crippen LogP contribution in [-0.2, 0) is 11.2 Å². The summed E-state index contributed by atoms with van der Waals surface area (Å²) in [5, 5.41) is 8.46. The van der Waals surface area contributed by atoms with Gasteiger partial charge in [0.05, 0.1) is 13.2 Å². The van der Waals surface area contributed by atoms with Crippen LogP contribution < -0.4 is 4.74 Å². The van der Waals surface area contributed by atoms with E-state index in [1.807, 2.05) is 6.07 Å². The van der Waals surface area contributed by atoms with Crippen LogP contribution in [0.3, 0.4) is 0 Å². The van der Waals surface area contributed by atoms with Gasteiger partial charge in [-0.3, -0.25) is 0 Å². The molecule has 6 heteroatoms. The predicted octanol–water partition coefficient (Wildman–Crippen LogP) is 2.53. The van der Waals surface area contributed by atoms with E-state index >= 15 is 0 Å². The second-order valence-electron chi connectivity index (χ2n) is 3.36. The van der Waals surface area contributed by atoms with Gasteiger partial charge >= 0.3 is 12.6 Å². The molecule has 0 aliphatic heterocycles. The highest BCUT2D eigenvalue weighted by Gasteiger charge is 2.16. The highest BCUT2D eigenvalue weighted by molar-refractivity contribution is 5.92. The lowest BCUT2D eigenvalue weighted by molar-refractivity contribution is -0.0504. The summed E-state index contributed by atoms with van der Waals surface area (Å²) in [5.41, 5.74) is 0.604. The summed E-state index contributed by atoms with van der Waals surface area (Å²) in [6, 6.07) is 6.15. The fourth-order valence-corrected chi connectivity index (χ4v) is 1.40. The fourth-order valence-electron chi connectivity index (χ4n) is 1.40. The summed E-state index contributed by atoms with van der Waals surface area (Å²) in [6.07, 6.45) is 0.700. The zero-order chi connectivity index (χ0) is 13.5. The van der Waals surface area contributed by atoms with Gasteiger partial charge in [0.1, 0.15) is 11.3 Å². The first-order valence-electron chi connectivity index (χ1n) is 5.11. The molecular formula is C12H11F2NO3. The Morgan fingerprint density at radius 2 is 2.22 bits per heavy atom. The highest BCUT2D eigenvalue weighted by Crippen LogP contribution is 2.23. The molecule has 0 spiro atoms. The van der Waals surface area contributed by atoms with E-state index in [4.69, 9.17) is 5.26 Å². The van der Waals surface area contributed by atoms with Crippen LogP contribution in [0.5, 0.6) is 5.75 Å². The largest absolute Gasteiger partial charge is 0.465 e. The number of nitrogens with zero attached hydrogens (tertiary/aromatic N) is 1. The molecule has 96 valence electrons. The summed E-state index contributed by atoms with van der Waals surface area (Å²) in [5.74, 6) is -0.998. The Hall–Kier alpha value is -2.16. The van der Waals surface area contributed by atoms with Crippen molar-refractivity contribution >= 4 is 5.97 Å². The number of carbonyl (C=O) groups is 1. The molecule has 0 aliphatic rings. The van der Waals surface area contributed by atoms with Gasteiger partial charge in [-0.05, 0) is 24.1 Å². The summed E-state index contributed by atoms with van der Waals surface area (Å²) < 4.78 is 33.0. The van der Waals surface area contributed by atoms with Gasteiger partial charge < -0.3 is 9.47 Å². The van der Waals surface area contributed by atoms with Gasteiger partial charge in [0.25, 0.3) is 0 Å². The van der Waals surface area contributed by atoms with Crippen LogP contribution in [0.4, 0.5) is 8.78 Å². The monoisotopic (exact) mass is 255 g/mol. The fraction of sp³-hybridized carbons (Fsp3) is 0.333. The topological polar surface area (TPSA) is 59.3 Å². The molecule has 0 fully saturated rings. The second kappa shape index (κ2) is 6.55. The first kappa shape index (κ1) is 13.9. The molecule has 0 unspecified atom stereocenters. The third-order valence-corrected chi connectivity index (χ3v) is 2.19. The smallest absolute Gasteiger partial charge is 0.387 e. The Labute approximate surface area is 103 Å². The van der Waals surface area contributed by atoms with Gasteiger partial charge in [0.15, 0.2) is 0 Å². The molecule has 1 rings (SSSR count). The number of hydrogen-bond acceptors (Lipinski definition) is 4. The molecule has 0 aromatic heterocycles. The lowest BCUT2D eigenvalue weighted by Gasteiger charge is -2.10. The van der Waals surface area contributed by atoms with E-state index in [1.54, 1.807) is 0 Å². The molecular weight excluding hydrogens is 244 g/mol. The lowest BCUT2D eigenvalue weighted by Crippen LogP contribution is -2.09. The molecule has 1 aromatic rings. The zero-order valence-electron chi connectivity index (χ0n) is 9.65. The molecule has 0 aliphatic carbocycles. The van der Waals surface area contributed by atoms with E-state index in [1.165, 1.54) is 18.2 Å². The van der Waals surface area contributed by atoms with E-state index < -0.39 is 12.6 Å². The minimum atomic E-state index is -3.02. The normalized spacial score (nSPS) is 9.94. The first-order valence-corrected chi connectivity index (χ1v) is 5.11. The van der Waals surface area contributed by atoms with Gasteiger partial charge in [-0.25, -0.2) is 4.79 Å². The Balaban J connectivity index is 3.04. The average Bonchev–Trinajstić information content (AvgIpc) is 2.36. The predicted molar refractivity (Wildman–Crippen MR) is 58.3 cm³/mol. The van der Waals surface area contributed by atoms with Crippen LogP contribution in [0.15, 0.2) is 18.2 Å². The number of benzene rings is 1. The quantitative estimate of drug-likeness (QED) is 0.758. The van der Waals surface area contributed by atoms with E-state index in [9.17, 15) is 13.6 Å². The molecule has 0 saturated heterocycles. The van der Waals surface area contributed by atoms with Crippen LogP contribution in [0, 0.1) is 11.3 Å². The Morgan fingerprint density at radius 3 is 2.78 bits per heavy atom. The number of halogens is 2. The number of ether oxygens (including phenoxy) is 2. The van der Waals surface area contributed by atoms with Crippen LogP contribution in [0.25, 0.3) is 0 Å². The van der Waals surface area contributed by atoms with Gasteiger partial charge in [0, 0.05) is 6.42 Å². The van der Waals surface area contributed by atoms with Crippen LogP contribution in [-0.4, -0.2) is 19.7 Å². The number of aryl methyl sites for hydroxylation is 1. The number of nitriles is 1. The van der Waals surface area contributed by atoms with Crippen LogP contribution in [0.1, 0.15) is 22.3 Å². The third kappa shape index (κ3) is 3.70.